The van der Waals surface area contributed by atoms with Crippen molar-refractivity contribution in [3.8, 4) is 0 Å². The van der Waals surface area contributed by atoms with Gasteiger partial charge in [-0.2, -0.15) is 0 Å². The van der Waals surface area contributed by atoms with Gasteiger partial charge in [-0.15, -0.1) is 0 Å². The molecule has 1 aliphatic rings. The summed E-state index contributed by atoms with van der Waals surface area (Å²) in [6.45, 7) is 2.45. The third kappa shape index (κ3) is 4.66. The number of carbonyl (C=O) groups excluding carboxylic acids is 1. The van der Waals surface area contributed by atoms with Gasteiger partial charge in [-0.25, -0.2) is 13.6 Å². The summed E-state index contributed by atoms with van der Waals surface area (Å²) in [5, 5.41) is 7.91. The van der Waals surface area contributed by atoms with E-state index in [9.17, 15) is 13.2 Å². The number of rotatable bonds is 5. The normalized spacial score (nSPS) is 18.2. The first-order valence-corrected chi connectivity index (χ1v) is 9.66. The van der Waals surface area contributed by atoms with Crippen LogP contribution in [0.5, 0.6) is 0 Å². The second-order valence-corrected chi connectivity index (χ2v) is 7.83. The molecule has 2 aromatic rings. The summed E-state index contributed by atoms with van der Waals surface area (Å²) in [5.74, 6) is -0.111. The summed E-state index contributed by atoms with van der Waals surface area (Å²) >= 11 is 0. The van der Waals surface area contributed by atoms with Crippen LogP contribution >= 0.6 is 0 Å². The lowest BCUT2D eigenvalue weighted by atomic mass is 10.1. The van der Waals surface area contributed by atoms with E-state index >= 15 is 0 Å². The number of benzene rings is 2. The molecule has 0 aromatic heterocycles. The highest BCUT2D eigenvalue weighted by Crippen LogP contribution is 2.21. The largest absolute Gasteiger partial charge is 0.326 e. The number of primary sulfonamides is 1. The van der Waals surface area contributed by atoms with E-state index in [0.29, 0.717) is 5.69 Å². The van der Waals surface area contributed by atoms with Gasteiger partial charge in [-0.3, -0.25) is 9.69 Å². The van der Waals surface area contributed by atoms with Crippen molar-refractivity contribution >= 4 is 21.6 Å². The van der Waals surface area contributed by atoms with Crippen LogP contribution in [0.25, 0.3) is 0 Å². The second kappa shape index (κ2) is 7.35. The van der Waals surface area contributed by atoms with Gasteiger partial charge in [0.2, 0.25) is 15.9 Å². The van der Waals surface area contributed by atoms with Crippen LogP contribution in [0.4, 0.5) is 5.69 Å². The number of nitrogens with two attached hydrogens (primary N) is 1. The summed E-state index contributed by atoms with van der Waals surface area (Å²) in [7, 11) is -3.72. The third-order valence-electron chi connectivity index (χ3n) is 4.34. The highest BCUT2D eigenvalue weighted by Gasteiger charge is 2.28. The number of sulfonamides is 1. The smallest absolute Gasteiger partial charge is 0.238 e. The zero-order valence-corrected chi connectivity index (χ0v) is 14.6. The predicted octanol–water partition coefficient (Wildman–Crippen LogP) is 1.79. The van der Waals surface area contributed by atoms with Crippen molar-refractivity contribution in [1.29, 1.82) is 0 Å². The highest BCUT2D eigenvalue weighted by molar-refractivity contribution is 7.89. The molecule has 7 heteroatoms. The zero-order valence-electron chi connectivity index (χ0n) is 13.8. The number of nitrogens with one attached hydrogen (secondary N) is 1. The Hall–Kier alpha value is -2.22. The monoisotopic (exact) mass is 359 g/mol. The molecule has 1 aliphatic heterocycles. The zero-order chi connectivity index (χ0) is 17.9. The molecule has 3 N–H and O–H groups in total. The molecular formula is C18H21N3O3S. The summed E-state index contributed by atoms with van der Waals surface area (Å²) in [4.78, 5) is 14.7. The molecule has 0 radical (unpaired) electrons. The topological polar surface area (TPSA) is 92.5 Å². The summed E-state index contributed by atoms with van der Waals surface area (Å²) in [6, 6.07) is 16.1. The van der Waals surface area contributed by atoms with Crippen LogP contribution in [-0.4, -0.2) is 32.3 Å². The Balaban J connectivity index is 1.55. The van der Waals surface area contributed by atoms with E-state index in [1.807, 2.05) is 18.2 Å². The molecule has 3 rings (SSSR count). The van der Waals surface area contributed by atoms with Gasteiger partial charge in [0.15, 0.2) is 0 Å². The average molecular weight is 359 g/mol. The molecule has 6 nitrogen and oxygen atoms in total. The Labute approximate surface area is 147 Å². The number of hydrogen-bond acceptors (Lipinski definition) is 4. The first kappa shape index (κ1) is 17.6. The maximum atomic E-state index is 12.4. The highest BCUT2D eigenvalue weighted by atomic mass is 32.2. The molecule has 0 bridgehead atoms. The van der Waals surface area contributed by atoms with E-state index in [-0.39, 0.29) is 16.7 Å². The van der Waals surface area contributed by atoms with Crippen molar-refractivity contribution in [2.24, 2.45) is 11.1 Å². The predicted molar refractivity (Wildman–Crippen MR) is 96.3 cm³/mol. The quantitative estimate of drug-likeness (QED) is 0.851. The van der Waals surface area contributed by atoms with Crippen molar-refractivity contribution < 1.29 is 13.2 Å². The molecule has 1 heterocycles. The minimum atomic E-state index is -3.72. The van der Waals surface area contributed by atoms with E-state index in [4.69, 9.17) is 5.14 Å². The molecule has 132 valence electrons. The Kier molecular flexibility index (Phi) is 5.17. The fraction of sp³-hybridized carbons (Fsp3) is 0.278. The number of hydrogen-bond donors (Lipinski definition) is 2. The Morgan fingerprint density at radius 2 is 1.80 bits per heavy atom. The van der Waals surface area contributed by atoms with Crippen molar-refractivity contribution in [3.05, 3.63) is 60.2 Å². The molecule has 1 fully saturated rings. The Morgan fingerprint density at radius 3 is 2.44 bits per heavy atom. The molecule has 2 aromatic carbocycles. The van der Waals surface area contributed by atoms with E-state index in [2.05, 4.69) is 22.3 Å². The first-order valence-electron chi connectivity index (χ1n) is 8.12. The van der Waals surface area contributed by atoms with Crippen LogP contribution in [0, 0.1) is 5.92 Å². The van der Waals surface area contributed by atoms with Gasteiger partial charge in [-0.1, -0.05) is 30.3 Å². The van der Waals surface area contributed by atoms with Crippen LogP contribution < -0.4 is 10.5 Å². The number of nitrogens with zero attached hydrogens (tertiary/aromatic N) is 1. The number of carbonyl (C=O) groups is 1. The molecular weight excluding hydrogens is 338 g/mol. The SMILES string of the molecule is NS(=O)(=O)c1ccc(NC(=O)C2CCN(Cc3ccccc3)C2)cc1. The van der Waals surface area contributed by atoms with Crippen LogP contribution in [0.2, 0.25) is 0 Å². The number of amides is 1. The summed E-state index contributed by atoms with van der Waals surface area (Å²) < 4.78 is 22.5. The lowest BCUT2D eigenvalue weighted by molar-refractivity contribution is -0.119. The van der Waals surface area contributed by atoms with Crippen LogP contribution in [0.15, 0.2) is 59.5 Å². The van der Waals surface area contributed by atoms with Gasteiger partial charge in [-0.05, 0) is 42.8 Å². The Bertz CT molecular complexity index is 836. The van der Waals surface area contributed by atoms with Crippen molar-refractivity contribution in [1.82, 2.24) is 4.90 Å². The van der Waals surface area contributed by atoms with E-state index in [1.165, 1.54) is 17.7 Å². The molecule has 1 unspecified atom stereocenters. The average Bonchev–Trinajstić information content (AvgIpc) is 3.04. The van der Waals surface area contributed by atoms with E-state index in [0.717, 1.165) is 26.1 Å². The fourth-order valence-electron chi connectivity index (χ4n) is 3.00. The molecule has 0 aliphatic carbocycles. The summed E-state index contributed by atoms with van der Waals surface area (Å²) in [6.07, 6.45) is 0.813. The maximum absolute atomic E-state index is 12.4. The van der Waals surface area contributed by atoms with Gasteiger partial charge in [0.1, 0.15) is 0 Å². The first-order chi connectivity index (χ1) is 11.9. The molecule has 1 atom stereocenters. The second-order valence-electron chi connectivity index (χ2n) is 6.26. The molecule has 25 heavy (non-hydrogen) atoms. The van der Waals surface area contributed by atoms with Crippen LogP contribution in [-0.2, 0) is 21.4 Å². The maximum Gasteiger partial charge on any atom is 0.238 e. The third-order valence-corrected chi connectivity index (χ3v) is 5.27. The standard InChI is InChI=1S/C18H21N3O3S/c19-25(23,24)17-8-6-16(7-9-17)20-18(22)15-10-11-21(13-15)12-14-4-2-1-3-5-14/h1-9,15H,10-13H2,(H,20,22)(H2,19,23,24). The molecule has 0 spiro atoms. The van der Waals surface area contributed by atoms with Gasteiger partial charge in [0, 0.05) is 18.8 Å². The Morgan fingerprint density at radius 1 is 1.12 bits per heavy atom. The summed E-state index contributed by atoms with van der Waals surface area (Å²) in [5.41, 5.74) is 1.81. The minimum absolute atomic E-state index is 0.0281. The van der Waals surface area contributed by atoms with E-state index < -0.39 is 10.0 Å². The van der Waals surface area contributed by atoms with Gasteiger partial charge in [0.25, 0.3) is 0 Å². The van der Waals surface area contributed by atoms with Gasteiger partial charge >= 0.3 is 0 Å². The van der Waals surface area contributed by atoms with Crippen LogP contribution in [0.3, 0.4) is 0 Å². The van der Waals surface area contributed by atoms with Crippen molar-refractivity contribution in [2.45, 2.75) is 17.9 Å². The van der Waals surface area contributed by atoms with Gasteiger partial charge < -0.3 is 5.32 Å². The van der Waals surface area contributed by atoms with Crippen LogP contribution in [0.1, 0.15) is 12.0 Å². The fourth-order valence-corrected chi connectivity index (χ4v) is 3.52. The van der Waals surface area contributed by atoms with Gasteiger partial charge in [0.05, 0.1) is 10.8 Å². The minimum Gasteiger partial charge on any atom is -0.326 e. The molecule has 1 amide bonds. The molecule has 1 saturated heterocycles. The number of likely N-dealkylation sites (tertiary alicyclic amines) is 1. The molecule has 0 saturated carbocycles. The lowest BCUT2D eigenvalue weighted by Crippen LogP contribution is -2.27. The van der Waals surface area contributed by atoms with E-state index in [1.54, 1.807) is 12.1 Å². The van der Waals surface area contributed by atoms with Crippen molar-refractivity contribution in [2.75, 3.05) is 18.4 Å². The lowest BCUT2D eigenvalue weighted by Gasteiger charge is -2.16. The number of anilines is 1. The van der Waals surface area contributed by atoms with Crippen molar-refractivity contribution in [3.63, 3.8) is 0 Å².